The summed E-state index contributed by atoms with van der Waals surface area (Å²) in [6, 6.07) is 3.15. The molecule has 7 heteroatoms. The SMILES string of the molecule is CC(C)NS(=O)(=O)c1cccnc1N1CC2C3C=CC(O3)C2C1. The minimum atomic E-state index is -3.56. The molecule has 3 aliphatic rings. The van der Waals surface area contributed by atoms with Gasteiger partial charge in [0.2, 0.25) is 10.0 Å². The average Bonchev–Trinajstić information content (AvgIpc) is 3.18. The fourth-order valence-corrected chi connectivity index (χ4v) is 5.33. The van der Waals surface area contributed by atoms with Crippen LogP contribution in [0.4, 0.5) is 5.82 Å². The summed E-state index contributed by atoms with van der Waals surface area (Å²) in [6.45, 7) is 5.21. The summed E-state index contributed by atoms with van der Waals surface area (Å²) in [7, 11) is -3.56. The second-order valence-corrected chi connectivity index (χ2v) is 8.47. The van der Waals surface area contributed by atoms with E-state index in [1.807, 2.05) is 13.8 Å². The molecule has 4 atom stereocenters. The van der Waals surface area contributed by atoms with Crippen LogP contribution < -0.4 is 9.62 Å². The highest BCUT2D eigenvalue weighted by Gasteiger charge is 2.51. The number of hydrogen-bond donors (Lipinski definition) is 1. The van der Waals surface area contributed by atoms with Crippen LogP contribution in [-0.4, -0.2) is 44.7 Å². The molecule has 1 N–H and O–H groups in total. The minimum Gasteiger partial charge on any atom is -0.366 e. The number of nitrogens with zero attached hydrogens (tertiary/aromatic N) is 2. The van der Waals surface area contributed by atoms with Crippen molar-refractivity contribution in [3.8, 4) is 0 Å². The molecule has 0 aromatic carbocycles. The summed E-state index contributed by atoms with van der Waals surface area (Å²) in [5.41, 5.74) is 0. The Morgan fingerprint density at radius 3 is 2.52 bits per heavy atom. The normalized spacial score (nSPS) is 32.0. The van der Waals surface area contributed by atoms with Gasteiger partial charge in [-0.1, -0.05) is 12.2 Å². The second kappa shape index (κ2) is 5.29. The van der Waals surface area contributed by atoms with E-state index < -0.39 is 10.0 Å². The fourth-order valence-electron chi connectivity index (χ4n) is 3.90. The molecule has 1 aromatic rings. The van der Waals surface area contributed by atoms with E-state index >= 15 is 0 Å². The van der Waals surface area contributed by atoms with Crippen molar-refractivity contribution in [2.45, 2.75) is 37.0 Å². The van der Waals surface area contributed by atoms with Crippen LogP contribution in [0.3, 0.4) is 0 Å². The van der Waals surface area contributed by atoms with E-state index in [-0.39, 0.29) is 23.1 Å². The third-order valence-corrected chi connectivity index (χ3v) is 6.47. The van der Waals surface area contributed by atoms with Crippen LogP contribution in [0.2, 0.25) is 0 Å². The summed E-state index contributed by atoms with van der Waals surface area (Å²) in [5.74, 6) is 1.41. The largest absolute Gasteiger partial charge is 0.366 e. The van der Waals surface area contributed by atoms with Crippen LogP contribution in [0.15, 0.2) is 35.4 Å². The number of hydrogen-bond acceptors (Lipinski definition) is 5. The van der Waals surface area contributed by atoms with Crippen molar-refractivity contribution < 1.29 is 13.2 Å². The van der Waals surface area contributed by atoms with Crippen LogP contribution in [0.25, 0.3) is 0 Å². The Hall–Kier alpha value is -1.44. The lowest BCUT2D eigenvalue weighted by Crippen LogP contribution is -2.33. The van der Waals surface area contributed by atoms with Crippen molar-refractivity contribution in [2.75, 3.05) is 18.0 Å². The predicted molar refractivity (Wildman–Crippen MR) is 86.7 cm³/mol. The van der Waals surface area contributed by atoms with Gasteiger partial charge < -0.3 is 9.64 Å². The first-order chi connectivity index (χ1) is 11.0. The molecule has 0 radical (unpaired) electrons. The Morgan fingerprint density at radius 1 is 1.26 bits per heavy atom. The molecule has 4 heterocycles. The van der Waals surface area contributed by atoms with E-state index in [0.29, 0.717) is 17.7 Å². The van der Waals surface area contributed by atoms with E-state index in [1.54, 1.807) is 18.3 Å². The van der Waals surface area contributed by atoms with Gasteiger partial charge in [-0.2, -0.15) is 0 Å². The summed E-state index contributed by atoms with van der Waals surface area (Å²) in [6.07, 6.45) is 6.26. The molecular weight excluding hydrogens is 314 g/mol. The van der Waals surface area contributed by atoms with Crippen molar-refractivity contribution in [3.63, 3.8) is 0 Å². The van der Waals surface area contributed by atoms with E-state index in [9.17, 15) is 8.42 Å². The maximum Gasteiger partial charge on any atom is 0.244 e. The molecule has 0 spiro atoms. The van der Waals surface area contributed by atoms with Gasteiger partial charge in [0, 0.05) is 37.2 Å². The van der Waals surface area contributed by atoms with Gasteiger partial charge in [-0.15, -0.1) is 0 Å². The smallest absolute Gasteiger partial charge is 0.244 e. The summed E-state index contributed by atoms with van der Waals surface area (Å²) < 4.78 is 33.7. The average molecular weight is 335 g/mol. The number of rotatable bonds is 4. The molecule has 6 nitrogen and oxygen atoms in total. The highest BCUT2D eigenvalue weighted by Crippen LogP contribution is 2.45. The monoisotopic (exact) mass is 335 g/mol. The number of anilines is 1. The topological polar surface area (TPSA) is 71.5 Å². The highest BCUT2D eigenvalue weighted by atomic mass is 32.2. The van der Waals surface area contributed by atoms with E-state index in [1.165, 1.54) is 0 Å². The van der Waals surface area contributed by atoms with Gasteiger partial charge in [-0.05, 0) is 26.0 Å². The van der Waals surface area contributed by atoms with Gasteiger partial charge in [0.1, 0.15) is 10.7 Å². The first kappa shape index (κ1) is 15.1. The van der Waals surface area contributed by atoms with Crippen LogP contribution in [-0.2, 0) is 14.8 Å². The maximum absolute atomic E-state index is 12.6. The Labute approximate surface area is 136 Å². The standard InChI is InChI=1S/C16H21N3O3S/c1-10(2)18-23(20,21)15-4-3-7-17-16(15)19-8-11-12(9-19)14-6-5-13(11)22-14/h3-7,10-14,18H,8-9H2,1-2H3. The van der Waals surface area contributed by atoms with Crippen LogP contribution in [0.1, 0.15) is 13.8 Å². The van der Waals surface area contributed by atoms with Gasteiger partial charge in [0.15, 0.2) is 0 Å². The van der Waals surface area contributed by atoms with E-state index in [4.69, 9.17) is 4.74 Å². The predicted octanol–water partition coefficient (Wildman–Crippen LogP) is 1.16. The molecule has 4 rings (SSSR count). The summed E-state index contributed by atoms with van der Waals surface area (Å²) >= 11 is 0. The van der Waals surface area contributed by atoms with Gasteiger partial charge in [0.25, 0.3) is 0 Å². The van der Waals surface area contributed by atoms with Gasteiger partial charge >= 0.3 is 0 Å². The number of aromatic nitrogens is 1. The third kappa shape index (κ3) is 2.47. The molecule has 4 unspecified atom stereocenters. The van der Waals surface area contributed by atoms with Crippen molar-refractivity contribution in [1.82, 2.24) is 9.71 Å². The van der Waals surface area contributed by atoms with Gasteiger partial charge in [-0.3, -0.25) is 0 Å². The van der Waals surface area contributed by atoms with Crippen LogP contribution in [0, 0.1) is 11.8 Å². The molecule has 2 saturated heterocycles. The Balaban J connectivity index is 1.64. The number of nitrogens with one attached hydrogen (secondary N) is 1. The zero-order chi connectivity index (χ0) is 16.2. The van der Waals surface area contributed by atoms with Crippen LogP contribution >= 0.6 is 0 Å². The molecular formula is C16H21N3O3S. The highest BCUT2D eigenvalue weighted by molar-refractivity contribution is 7.89. The Kier molecular flexibility index (Phi) is 3.48. The zero-order valence-corrected chi connectivity index (χ0v) is 14.0. The zero-order valence-electron chi connectivity index (χ0n) is 13.2. The lowest BCUT2D eigenvalue weighted by Gasteiger charge is -2.22. The van der Waals surface area contributed by atoms with Crippen LogP contribution in [0.5, 0.6) is 0 Å². The van der Waals surface area contributed by atoms with Gasteiger partial charge in [0.05, 0.1) is 12.2 Å². The van der Waals surface area contributed by atoms with Gasteiger partial charge in [-0.25, -0.2) is 18.1 Å². The number of pyridine rings is 1. The first-order valence-corrected chi connectivity index (χ1v) is 9.50. The molecule has 2 fully saturated rings. The second-order valence-electron chi connectivity index (χ2n) is 6.78. The van der Waals surface area contributed by atoms with Crippen molar-refractivity contribution in [1.29, 1.82) is 0 Å². The first-order valence-electron chi connectivity index (χ1n) is 8.02. The Bertz CT molecular complexity index is 727. The molecule has 3 aliphatic heterocycles. The molecule has 2 bridgehead atoms. The summed E-state index contributed by atoms with van der Waals surface area (Å²) in [4.78, 5) is 6.73. The quantitative estimate of drug-likeness (QED) is 0.836. The summed E-state index contributed by atoms with van der Waals surface area (Å²) in [5, 5.41) is 0. The Morgan fingerprint density at radius 2 is 1.91 bits per heavy atom. The van der Waals surface area contributed by atoms with E-state index in [2.05, 4.69) is 26.8 Å². The molecule has 0 aliphatic carbocycles. The molecule has 23 heavy (non-hydrogen) atoms. The molecule has 124 valence electrons. The molecule has 0 amide bonds. The number of ether oxygens (including phenoxy) is 1. The lowest BCUT2D eigenvalue weighted by atomic mass is 9.86. The number of fused-ring (bicyclic) bond motifs is 5. The van der Waals surface area contributed by atoms with Crippen molar-refractivity contribution in [2.24, 2.45) is 11.8 Å². The maximum atomic E-state index is 12.6. The van der Waals surface area contributed by atoms with Crippen molar-refractivity contribution in [3.05, 3.63) is 30.5 Å². The van der Waals surface area contributed by atoms with Crippen molar-refractivity contribution >= 4 is 15.8 Å². The van der Waals surface area contributed by atoms with E-state index in [0.717, 1.165) is 13.1 Å². The molecule has 1 aromatic heterocycles. The number of sulfonamides is 1. The lowest BCUT2D eigenvalue weighted by molar-refractivity contribution is 0.100. The third-order valence-electron chi connectivity index (χ3n) is 4.79. The minimum absolute atomic E-state index is 0.153. The fraction of sp³-hybridized carbons (Fsp3) is 0.562. The molecule has 0 saturated carbocycles.